The molecule has 2 N–H and O–H groups in total. The molecule has 4 heteroatoms. The van der Waals surface area contributed by atoms with Crippen molar-refractivity contribution in [2.24, 2.45) is 5.73 Å². The highest BCUT2D eigenvalue weighted by atomic mass is 32.1. The maximum Gasteiger partial charge on any atom is 0.124 e. The number of nitrogens with zero attached hydrogens (tertiary/aromatic N) is 2. The number of aryl methyl sites for hydroxylation is 3. The van der Waals surface area contributed by atoms with E-state index in [2.05, 4.69) is 22.1 Å². The van der Waals surface area contributed by atoms with Gasteiger partial charge in [-0.25, -0.2) is 4.98 Å². The summed E-state index contributed by atoms with van der Waals surface area (Å²) in [5.41, 5.74) is 9.88. The van der Waals surface area contributed by atoms with Crippen LogP contribution in [0.2, 0.25) is 0 Å². The minimum absolute atomic E-state index is 0.562. The lowest BCUT2D eigenvalue weighted by Crippen LogP contribution is -1.94. The zero-order chi connectivity index (χ0) is 11.7. The van der Waals surface area contributed by atoms with Crippen molar-refractivity contribution in [3.63, 3.8) is 0 Å². The Morgan fingerprint density at radius 2 is 1.75 bits per heavy atom. The van der Waals surface area contributed by atoms with E-state index in [0.717, 1.165) is 32.5 Å². The summed E-state index contributed by atoms with van der Waals surface area (Å²) in [5.74, 6) is 0. The molecule has 0 bridgehead atoms. The number of thiazole rings is 1. The van der Waals surface area contributed by atoms with E-state index in [1.807, 2.05) is 20.8 Å². The van der Waals surface area contributed by atoms with Crippen molar-refractivity contribution in [2.75, 3.05) is 0 Å². The van der Waals surface area contributed by atoms with E-state index in [1.54, 1.807) is 11.3 Å². The Bertz CT molecular complexity index is 497. The molecule has 0 fully saturated rings. The first kappa shape index (κ1) is 11.2. The monoisotopic (exact) mass is 233 g/mol. The highest BCUT2D eigenvalue weighted by Crippen LogP contribution is 2.28. The molecule has 0 aliphatic carbocycles. The first-order valence-corrected chi connectivity index (χ1v) is 6.04. The Labute approximate surface area is 99.4 Å². The molecule has 0 amide bonds. The van der Waals surface area contributed by atoms with Crippen LogP contribution in [0.15, 0.2) is 12.1 Å². The average molecular weight is 233 g/mol. The number of rotatable bonds is 2. The predicted octanol–water partition coefficient (Wildman–Crippen LogP) is 2.59. The van der Waals surface area contributed by atoms with Crippen molar-refractivity contribution in [1.82, 2.24) is 9.97 Å². The molecule has 0 saturated carbocycles. The highest BCUT2D eigenvalue weighted by molar-refractivity contribution is 7.15. The summed E-state index contributed by atoms with van der Waals surface area (Å²) in [4.78, 5) is 10.1. The van der Waals surface area contributed by atoms with Gasteiger partial charge >= 0.3 is 0 Å². The second-order valence-corrected chi connectivity index (χ2v) is 4.95. The van der Waals surface area contributed by atoms with Crippen molar-refractivity contribution in [2.45, 2.75) is 27.3 Å². The third-order valence-corrected chi connectivity index (χ3v) is 3.64. The topological polar surface area (TPSA) is 51.8 Å². The van der Waals surface area contributed by atoms with Gasteiger partial charge in [0.1, 0.15) is 5.01 Å². The first-order valence-electron chi connectivity index (χ1n) is 5.22. The molecule has 84 valence electrons. The zero-order valence-electron chi connectivity index (χ0n) is 9.74. The smallest absolute Gasteiger partial charge is 0.124 e. The van der Waals surface area contributed by atoms with Gasteiger partial charge in [0.05, 0.1) is 5.69 Å². The van der Waals surface area contributed by atoms with Crippen LogP contribution in [0.3, 0.4) is 0 Å². The Kier molecular flexibility index (Phi) is 3.03. The van der Waals surface area contributed by atoms with Crippen molar-refractivity contribution in [3.8, 4) is 10.6 Å². The maximum absolute atomic E-state index is 5.66. The van der Waals surface area contributed by atoms with E-state index in [4.69, 9.17) is 5.73 Å². The summed E-state index contributed by atoms with van der Waals surface area (Å²) < 4.78 is 0. The molecule has 0 atom stereocenters. The van der Waals surface area contributed by atoms with E-state index in [9.17, 15) is 0 Å². The molecule has 2 aromatic heterocycles. The zero-order valence-corrected chi connectivity index (χ0v) is 10.6. The summed E-state index contributed by atoms with van der Waals surface area (Å²) >= 11 is 1.67. The lowest BCUT2D eigenvalue weighted by atomic mass is 10.2. The quantitative estimate of drug-likeness (QED) is 0.867. The van der Waals surface area contributed by atoms with E-state index >= 15 is 0 Å². The van der Waals surface area contributed by atoms with Gasteiger partial charge in [-0.2, -0.15) is 0 Å². The molecule has 0 aromatic carbocycles. The van der Waals surface area contributed by atoms with Gasteiger partial charge < -0.3 is 5.73 Å². The normalized spacial score (nSPS) is 10.8. The van der Waals surface area contributed by atoms with Gasteiger partial charge in [0.15, 0.2) is 0 Å². The van der Waals surface area contributed by atoms with Crippen LogP contribution in [0.25, 0.3) is 10.6 Å². The van der Waals surface area contributed by atoms with Crippen LogP contribution < -0.4 is 5.73 Å². The molecular weight excluding hydrogens is 218 g/mol. The van der Waals surface area contributed by atoms with Crippen molar-refractivity contribution >= 4 is 11.3 Å². The van der Waals surface area contributed by atoms with Gasteiger partial charge in [0.25, 0.3) is 0 Å². The van der Waals surface area contributed by atoms with Gasteiger partial charge in [-0.05, 0) is 32.9 Å². The minimum Gasteiger partial charge on any atom is -0.326 e. The molecule has 0 unspecified atom stereocenters. The third kappa shape index (κ3) is 2.13. The van der Waals surface area contributed by atoms with Crippen LogP contribution in [0.5, 0.6) is 0 Å². The molecule has 0 spiro atoms. The van der Waals surface area contributed by atoms with E-state index in [0.29, 0.717) is 6.54 Å². The highest BCUT2D eigenvalue weighted by Gasteiger charge is 2.09. The van der Waals surface area contributed by atoms with Gasteiger partial charge in [-0.15, -0.1) is 11.3 Å². The van der Waals surface area contributed by atoms with E-state index < -0.39 is 0 Å². The molecule has 0 aliphatic rings. The number of nitrogens with two attached hydrogens (primary N) is 1. The molecule has 2 aromatic rings. The summed E-state index contributed by atoms with van der Waals surface area (Å²) in [6, 6.07) is 4.12. The summed E-state index contributed by atoms with van der Waals surface area (Å²) in [6.07, 6.45) is 0. The van der Waals surface area contributed by atoms with Crippen LogP contribution >= 0.6 is 11.3 Å². The van der Waals surface area contributed by atoms with Crippen LogP contribution in [-0.2, 0) is 6.54 Å². The fourth-order valence-electron chi connectivity index (χ4n) is 1.70. The van der Waals surface area contributed by atoms with Gasteiger partial charge in [-0.3, -0.25) is 4.98 Å². The minimum atomic E-state index is 0.562. The van der Waals surface area contributed by atoms with Gasteiger partial charge in [0, 0.05) is 28.4 Å². The molecule has 0 aliphatic heterocycles. The Morgan fingerprint density at radius 3 is 2.25 bits per heavy atom. The average Bonchev–Trinajstić information content (AvgIpc) is 2.58. The molecule has 2 rings (SSSR count). The lowest BCUT2D eigenvalue weighted by Gasteiger charge is -2.00. The molecule has 0 saturated heterocycles. The fourth-order valence-corrected chi connectivity index (χ4v) is 2.63. The second kappa shape index (κ2) is 4.31. The van der Waals surface area contributed by atoms with Crippen LogP contribution in [0.1, 0.15) is 22.0 Å². The Balaban J connectivity index is 2.49. The number of pyridine rings is 1. The SMILES string of the molecule is Cc1cc(-c2nc(C)c(CN)s2)cc(C)n1. The summed E-state index contributed by atoms with van der Waals surface area (Å²) in [5, 5.41) is 1.03. The Hall–Kier alpha value is -1.26. The molecular formula is C12H15N3S. The standard InChI is InChI=1S/C12H15N3S/c1-7-4-10(5-8(2)14-7)12-15-9(3)11(6-13)16-12/h4-5H,6,13H2,1-3H3. The van der Waals surface area contributed by atoms with E-state index in [-0.39, 0.29) is 0 Å². The summed E-state index contributed by atoms with van der Waals surface area (Å²) in [7, 11) is 0. The lowest BCUT2D eigenvalue weighted by molar-refractivity contribution is 1.06. The van der Waals surface area contributed by atoms with Crippen LogP contribution in [-0.4, -0.2) is 9.97 Å². The Morgan fingerprint density at radius 1 is 1.12 bits per heavy atom. The fraction of sp³-hybridized carbons (Fsp3) is 0.333. The van der Waals surface area contributed by atoms with Crippen molar-refractivity contribution < 1.29 is 0 Å². The van der Waals surface area contributed by atoms with E-state index in [1.165, 1.54) is 0 Å². The van der Waals surface area contributed by atoms with Gasteiger partial charge in [-0.1, -0.05) is 0 Å². The van der Waals surface area contributed by atoms with Crippen LogP contribution in [0, 0.1) is 20.8 Å². The molecule has 0 radical (unpaired) electrons. The second-order valence-electron chi connectivity index (χ2n) is 3.87. The number of hydrogen-bond acceptors (Lipinski definition) is 4. The molecule has 16 heavy (non-hydrogen) atoms. The third-order valence-electron chi connectivity index (χ3n) is 2.41. The number of hydrogen-bond donors (Lipinski definition) is 1. The molecule has 2 heterocycles. The predicted molar refractivity (Wildman–Crippen MR) is 67.4 cm³/mol. The largest absolute Gasteiger partial charge is 0.326 e. The van der Waals surface area contributed by atoms with Crippen LogP contribution in [0.4, 0.5) is 0 Å². The van der Waals surface area contributed by atoms with Gasteiger partial charge in [0.2, 0.25) is 0 Å². The molecule has 3 nitrogen and oxygen atoms in total. The first-order chi connectivity index (χ1) is 7.60. The maximum atomic E-state index is 5.66. The number of aromatic nitrogens is 2. The van der Waals surface area contributed by atoms with Crippen molar-refractivity contribution in [1.29, 1.82) is 0 Å². The summed E-state index contributed by atoms with van der Waals surface area (Å²) in [6.45, 7) is 6.57. The van der Waals surface area contributed by atoms with Crippen molar-refractivity contribution in [3.05, 3.63) is 34.1 Å².